The van der Waals surface area contributed by atoms with Crippen molar-refractivity contribution < 1.29 is 24.2 Å². The summed E-state index contributed by atoms with van der Waals surface area (Å²) in [7, 11) is 1.35. The van der Waals surface area contributed by atoms with Gasteiger partial charge in [0.1, 0.15) is 22.5 Å². The van der Waals surface area contributed by atoms with Crippen LogP contribution in [-0.4, -0.2) is 50.2 Å². The zero-order chi connectivity index (χ0) is 29.5. The lowest BCUT2D eigenvalue weighted by molar-refractivity contribution is -0.141. The predicted molar refractivity (Wildman–Crippen MR) is 157 cm³/mol. The summed E-state index contributed by atoms with van der Waals surface area (Å²) in [5, 5.41) is 19.6. The third kappa shape index (κ3) is 5.57. The number of rotatable bonds is 6. The molecular weight excluding hydrogens is 540 g/mol. The van der Waals surface area contributed by atoms with Crippen molar-refractivity contribution in [3.05, 3.63) is 87.3 Å². The molecule has 0 spiro atoms. The van der Waals surface area contributed by atoms with Crippen molar-refractivity contribution >= 4 is 29.0 Å². The molecule has 0 fully saturated rings. The fraction of sp³-hybridized carbons (Fsp3) is 0.323. The average Bonchev–Trinajstić information content (AvgIpc) is 3.44. The number of methoxy groups -OCH3 is 1. The topological polar surface area (TPSA) is 116 Å². The van der Waals surface area contributed by atoms with Crippen molar-refractivity contribution in [3.63, 3.8) is 0 Å². The molecule has 0 aliphatic carbocycles. The van der Waals surface area contributed by atoms with Gasteiger partial charge in [-0.1, -0.05) is 36.4 Å². The number of aromatic nitrogens is 3. The van der Waals surface area contributed by atoms with Crippen LogP contribution in [0.5, 0.6) is 0 Å². The number of aliphatic hydroxyl groups is 1. The standard InChI is InChI=1S/C31H32N4O5S/c1-17-24(16-36)41-29-26(17)27(32-23(15-25(37)39-6)28-34-33-18(2)35(28)29)21-11-7-19(8-12-21)20-9-13-22(14-10-20)30(38)40-31(3,4)5/h7-14,23,36H,15-16H2,1-6H3/t23-/m0/s1. The van der Waals surface area contributed by atoms with Gasteiger partial charge in [0.2, 0.25) is 0 Å². The second-order valence-corrected chi connectivity index (χ2v) is 11.9. The average molecular weight is 573 g/mol. The molecule has 1 N–H and O–H groups in total. The molecule has 1 aliphatic heterocycles. The molecule has 1 aliphatic rings. The molecule has 10 heteroatoms. The Hall–Kier alpha value is -4.15. The van der Waals surface area contributed by atoms with Gasteiger partial charge in [-0.2, -0.15) is 0 Å². The predicted octanol–water partition coefficient (Wildman–Crippen LogP) is 5.52. The molecule has 0 amide bonds. The highest BCUT2D eigenvalue weighted by molar-refractivity contribution is 7.15. The minimum Gasteiger partial charge on any atom is -0.469 e. The number of aryl methyl sites for hydroxylation is 1. The molecule has 9 nitrogen and oxygen atoms in total. The van der Waals surface area contributed by atoms with Gasteiger partial charge >= 0.3 is 11.9 Å². The maximum atomic E-state index is 12.4. The molecule has 1 atom stereocenters. The van der Waals surface area contributed by atoms with E-state index in [4.69, 9.17) is 14.5 Å². The van der Waals surface area contributed by atoms with Crippen molar-refractivity contribution in [1.82, 2.24) is 14.8 Å². The lowest BCUT2D eigenvalue weighted by atomic mass is 9.96. The van der Waals surface area contributed by atoms with Gasteiger partial charge in [-0.05, 0) is 63.4 Å². The molecule has 2 aromatic carbocycles. The lowest BCUT2D eigenvalue weighted by Crippen LogP contribution is -2.23. The van der Waals surface area contributed by atoms with E-state index in [1.54, 1.807) is 12.1 Å². The van der Waals surface area contributed by atoms with Crippen molar-refractivity contribution in [3.8, 4) is 16.1 Å². The van der Waals surface area contributed by atoms with Crippen molar-refractivity contribution in [2.24, 2.45) is 4.99 Å². The fourth-order valence-electron chi connectivity index (χ4n) is 4.81. The lowest BCUT2D eigenvalue weighted by Gasteiger charge is -2.19. The molecule has 3 heterocycles. The van der Waals surface area contributed by atoms with Crippen LogP contribution < -0.4 is 0 Å². The van der Waals surface area contributed by atoms with Gasteiger partial charge in [-0.3, -0.25) is 14.4 Å². The quantitative estimate of drug-likeness (QED) is 0.303. The van der Waals surface area contributed by atoms with Gasteiger partial charge in [-0.25, -0.2) is 4.79 Å². The van der Waals surface area contributed by atoms with Gasteiger partial charge < -0.3 is 14.6 Å². The van der Waals surface area contributed by atoms with Crippen LogP contribution in [0.4, 0.5) is 0 Å². The van der Waals surface area contributed by atoms with Gasteiger partial charge in [0, 0.05) is 16.0 Å². The van der Waals surface area contributed by atoms with E-state index < -0.39 is 17.6 Å². The molecule has 2 aromatic heterocycles. The summed E-state index contributed by atoms with van der Waals surface area (Å²) in [6, 6.07) is 14.7. The number of ether oxygens (including phenoxy) is 2. The first-order chi connectivity index (χ1) is 19.5. The highest BCUT2D eigenvalue weighted by Gasteiger charge is 2.33. The van der Waals surface area contributed by atoms with E-state index in [2.05, 4.69) is 10.2 Å². The number of carbonyl (C=O) groups is 2. The van der Waals surface area contributed by atoms with Crippen molar-refractivity contribution in [2.45, 2.75) is 59.3 Å². The van der Waals surface area contributed by atoms with E-state index in [-0.39, 0.29) is 19.0 Å². The van der Waals surface area contributed by atoms with E-state index in [1.165, 1.54) is 18.4 Å². The Bertz CT molecular complexity index is 1640. The third-order valence-electron chi connectivity index (χ3n) is 6.84. The number of thiophene rings is 1. The fourth-order valence-corrected chi connectivity index (χ4v) is 6.03. The number of esters is 2. The number of hydrogen-bond acceptors (Lipinski definition) is 9. The molecule has 212 valence electrons. The molecule has 41 heavy (non-hydrogen) atoms. The smallest absolute Gasteiger partial charge is 0.338 e. The maximum absolute atomic E-state index is 12.4. The number of nitrogens with zero attached hydrogens (tertiary/aromatic N) is 4. The van der Waals surface area contributed by atoms with E-state index >= 15 is 0 Å². The Morgan fingerprint density at radius 2 is 1.59 bits per heavy atom. The van der Waals surface area contributed by atoms with Crippen LogP contribution in [0.2, 0.25) is 0 Å². The van der Waals surface area contributed by atoms with E-state index in [0.29, 0.717) is 22.9 Å². The Kier molecular flexibility index (Phi) is 7.63. The van der Waals surface area contributed by atoms with Gasteiger partial charge in [0.15, 0.2) is 5.82 Å². The number of hydrogen-bond donors (Lipinski definition) is 1. The molecule has 0 saturated carbocycles. The maximum Gasteiger partial charge on any atom is 0.338 e. The van der Waals surface area contributed by atoms with Crippen molar-refractivity contribution in [1.29, 1.82) is 0 Å². The summed E-state index contributed by atoms with van der Waals surface area (Å²) >= 11 is 1.47. The number of aliphatic hydroxyl groups excluding tert-OH is 1. The number of fused-ring (bicyclic) bond motifs is 3. The number of carbonyl (C=O) groups excluding carboxylic acids is 2. The van der Waals surface area contributed by atoms with Crippen molar-refractivity contribution in [2.75, 3.05) is 7.11 Å². The minimum absolute atomic E-state index is 0.0149. The summed E-state index contributed by atoms with van der Waals surface area (Å²) in [6.07, 6.45) is 0.0149. The van der Waals surface area contributed by atoms with Crippen LogP contribution in [0, 0.1) is 13.8 Å². The summed E-state index contributed by atoms with van der Waals surface area (Å²) in [6.45, 7) is 9.25. The summed E-state index contributed by atoms with van der Waals surface area (Å²) < 4.78 is 12.4. The Labute approximate surface area is 242 Å². The van der Waals surface area contributed by atoms with E-state index in [1.807, 2.05) is 75.6 Å². The Morgan fingerprint density at radius 3 is 2.17 bits per heavy atom. The Morgan fingerprint density at radius 1 is 0.976 bits per heavy atom. The highest BCUT2D eigenvalue weighted by atomic mass is 32.1. The highest BCUT2D eigenvalue weighted by Crippen LogP contribution is 2.40. The monoisotopic (exact) mass is 572 g/mol. The Balaban J connectivity index is 1.55. The number of benzene rings is 2. The minimum atomic E-state index is -0.602. The van der Waals surface area contributed by atoms with Gasteiger partial charge in [0.25, 0.3) is 0 Å². The molecule has 4 aromatic rings. The third-order valence-corrected chi connectivity index (χ3v) is 8.10. The first kappa shape index (κ1) is 28.4. The van der Waals surface area contributed by atoms with E-state index in [9.17, 15) is 14.7 Å². The van der Waals surface area contributed by atoms with Gasteiger partial charge in [-0.15, -0.1) is 21.5 Å². The SMILES string of the molecule is COC(=O)C[C@@H]1N=C(c2ccc(-c3ccc(C(=O)OC(C)(C)C)cc3)cc2)c2c(sc(CO)c2C)-n2c(C)nnc21. The summed E-state index contributed by atoms with van der Waals surface area (Å²) in [4.78, 5) is 30.7. The second kappa shape index (κ2) is 11.0. The molecule has 5 rings (SSSR count). The first-order valence-electron chi connectivity index (χ1n) is 13.2. The van der Waals surface area contributed by atoms with Gasteiger partial charge in [0.05, 0.1) is 31.4 Å². The second-order valence-electron chi connectivity index (χ2n) is 10.9. The van der Waals surface area contributed by atoms with Crippen LogP contribution in [0.25, 0.3) is 16.1 Å². The zero-order valence-electron chi connectivity index (χ0n) is 23.9. The van der Waals surface area contributed by atoms with Crippen LogP contribution in [0.1, 0.15) is 76.8 Å². The van der Waals surface area contributed by atoms with Crippen LogP contribution in [0.15, 0.2) is 53.5 Å². The molecule has 0 radical (unpaired) electrons. The summed E-state index contributed by atoms with van der Waals surface area (Å²) in [5.41, 5.74) is 5.22. The zero-order valence-corrected chi connectivity index (χ0v) is 24.7. The molecular formula is C31H32N4O5S. The molecule has 0 saturated heterocycles. The normalized spacial score (nSPS) is 14.5. The largest absolute Gasteiger partial charge is 0.469 e. The van der Waals surface area contributed by atoms with Crippen LogP contribution in [-0.2, 0) is 20.9 Å². The number of aliphatic imine (C=N–C) groups is 1. The molecule has 0 bridgehead atoms. The molecule has 0 unspecified atom stereocenters. The van der Waals surface area contributed by atoms with Crippen LogP contribution >= 0.6 is 11.3 Å². The van der Waals surface area contributed by atoms with E-state index in [0.717, 1.165) is 37.7 Å². The van der Waals surface area contributed by atoms with Crippen LogP contribution in [0.3, 0.4) is 0 Å². The first-order valence-corrected chi connectivity index (χ1v) is 14.1. The summed E-state index contributed by atoms with van der Waals surface area (Å²) in [5.74, 6) is 0.468.